The van der Waals surface area contributed by atoms with Crippen LogP contribution in [-0.4, -0.2) is 18.1 Å². The summed E-state index contributed by atoms with van der Waals surface area (Å²) >= 11 is 5.21. The maximum atomic E-state index is 12.0. The summed E-state index contributed by atoms with van der Waals surface area (Å²) in [5.41, 5.74) is 7.20. The van der Waals surface area contributed by atoms with E-state index in [1.165, 1.54) is 6.26 Å². The molecule has 2 rings (SSSR count). The summed E-state index contributed by atoms with van der Waals surface area (Å²) in [5, 5.41) is 3.22. The van der Waals surface area contributed by atoms with E-state index in [2.05, 4.69) is 22.7 Å². The third kappa shape index (κ3) is 5.58. The van der Waals surface area contributed by atoms with E-state index in [1.54, 1.807) is 37.4 Å². The van der Waals surface area contributed by atoms with Crippen LogP contribution in [0.5, 0.6) is 5.75 Å². The number of allylic oxidation sites excluding steroid dienone is 1. The molecule has 0 fully saturated rings. The van der Waals surface area contributed by atoms with Crippen molar-refractivity contribution in [2.75, 3.05) is 12.4 Å². The predicted octanol–water partition coefficient (Wildman–Crippen LogP) is 3.85. The number of hydrogen-bond acceptors (Lipinski definition) is 4. The maximum absolute atomic E-state index is 12.0. The number of anilines is 1. The number of rotatable bonds is 6. The van der Waals surface area contributed by atoms with Crippen molar-refractivity contribution < 1.29 is 14.3 Å². The van der Waals surface area contributed by atoms with Gasteiger partial charge in [0.2, 0.25) is 0 Å². The third-order valence-corrected chi connectivity index (χ3v) is 3.73. The van der Waals surface area contributed by atoms with Crippen molar-refractivity contribution in [2.45, 2.75) is 6.92 Å². The fraction of sp³-hybridized carbons (Fsp3) is 0.100. The maximum Gasteiger partial charge on any atom is 0.269 e. The molecule has 6 nitrogen and oxygen atoms in total. The Labute approximate surface area is 163 Å². The zero-order valence-electron chi connectivity index (χ0n) is 15.1. The first kappa shape index (κ1) is 20.0. The first-order chi connectivity index (χ1) is 13.1. The smallest absolute Gasteiger partial charge is 0.269 e. The van der Waals surface area contributed by atoms with Crippen molar-refractivity contribution >= 4 is 34.7 Å². The molecule has 0 spiro atoms. The number of ether oxygens (including phenoxy) is 2. The lowest BCUT2D eigenvalue weighted by molar-refractivity contribution is 0.0944. The molecule has 0 radical (unpaired) electrons. The SMILES string of the molecule is C=CO/C(=C\C)c1ccc(NC(=S)NNC(=O)c2ccccc2)cc1OC. The highest BCUT2D eigenvalue weighted by molar-refractivity contribution is 7.80. The lowest BCUT2D eigenvalue weighted by Crippen LogP contribution is -2.43. The largest absolute Gasteiger partial charge is 0.496 e. The molecule has 1 amide bonds. The molecule has 0 bridgehead atoms. The van der Waals surface area contributed by atoms with Gasteiger partial charge in [-0.25, -0.2) is 0 Å². The standard InChI is InChI=1S/C20H21N3O3S/c1-4-17(26-5-2)16-12-11-15(13-18(16)25-3)21-20(27)23-22-19(24)14-9-7-6-8-10-14/h4-13H,2H2,1,3H3,(H,22,24)(H2,21,23,27)/b17-4-. The number of methoxy groups -OCH3 is 1. The fourth-order valence-corrected chi connectivity index (χ4v) is 2.46. The monoisotopic (exact) mass is 383 g/mol. The summed E-state index contributed by atoms with van der Waals surface area (Å²) in [5.74, 6) is 0.947. The molecule has 0 heterocycles. The second kappa shape index (κ2) is 9.98. The molecule has 0 aromatic heterocycles. The minimum atomic E-state index is -0.285. The van der Waals surface area contributed by atoms with Crippen LogP contribution in [0, 0.1) is 0 Å². The third-order valence-electron chi connectivity index (χ3n) is 3.52. The van der Waals surface area contributed by atoms with Crippen LogP contribution in [0.25, 0.3) is 5.76 Å². The number of carbonyl (C=O) groups is 1. The van der Waals surface area contributed by atoms with Crippen molar-refractivity contribution in [3.63, 3.8) is 0 Å². The van der Waals surface area contributed by atoms with Crippen LogP contribution in [0.2, 0.25) is 0 Å². The topological polar surface area (TPSA) is 71.6 Å². The first-order valence-electron chi connectivity index (χ1n) is 8.13. The summed E-state index contributed by atoms with van der Waals surface area (Å²) in [6.07, 6.45) is 3.17. The van der Waals surface area contributed by atoms with Crippen molar-refractivity contribution in [1.29, 1.82) is 0 Å². The molecule has 3 N–H and O–H groups in total. The molecule has 0 saturated heterocycles. The highest BCUT2D eigenvalue weighted by atomic mass is 32.1. The Balaban J connectivity index is 2.01. The van der Waals surface area contributed by atoms with Gasteiger partial charge in [-0.1, -0.05) is 24.8 Å². The zero-order chi connectivity index (χ0) is 19.6. The molecule has 0 aliphatic carbocycles. The van der Waals surface area contributed by atoms with E-state index < -0.39 is 0 Å². The fourth-order valence-electron chi connectivity index (χ4n) is 2.29. The number of benzene rings is 2. The minimum absolute atomic E-state index is 0.239. The van der Waals surface area contributed by atoms with Crippen molar-refractivity contribution in [3.8, 4) is 5.75 Å². The average molecular weight is 383 g/mol. The molecular formula is C20H21N3O3S. The second-order valence-corrected chi connectivity index (χ2v) is 5.66. The van der Waals surface area contributed by atoms with E-state index in [1.807, 2.05) is 31.2 Å². The molecule has 140 valence electrons. The molecule has 0 aliphatic rings. The van der Waals surface area contributed by atoms with Crippen molar-refractivity contribution in [3.05, 3.63) is 78.6 Å². The van der Waals surface area contributed by atoms with Crippen molar-refractivity contribution in [1.82, 2.24) is 10.9 Å². The van der Waals surface area contributed by atoms with Gasteiger partial charge in [-0.05, 0) is 49.5 Å². The number of hydrazine groups is 1. The Kier molecular flexibility index (Phi) is 7.39. The van der Waals surface area contributed by atoms with Crippen LogP contribution in [0.1, 0.15) is 22.8 Å². The van der Waals surface area contributed by atoms with Crippen LogP contribution in [0.4, 0.5) is 5.69 Å². The predicted molar refractivity (Wildman–Crippen MR) is 111 cm³/mol. The van der Waals surface area contributed by atoms with Crippen LogP contribution in [0.15, 0.2) is 67.4 Å². The van der Waals surface area contributed by atoms with Crippen molar-refractivity contribution in [2.24, 2.45) is 0 Å². The van der Waals surface area contributed by atoms with E-state index in [4.69, 9.17) is 21.7 Å². The molecule has 0 unspecified atom stereocenters. The van der Waals surface area contributed by atoms with E-state index in [0.29, 0.717) is 22.8 Å². The Morgan fingerprint density at radius 3 is 2.52 bits per heavy atom. The number of amides is 1. The molecule has 0 aliphatic heterocycles. The van der Waals surface area contributed by atoms with Gasteiger partial charge in [-0.2, -0.15) is 0 Å². The zero-order valence-corrected chi connectivity index (χ0v) is 15.9. The summed E-state index contributed by atoms with van der Waals surface area (Å²) < 4.78 is 10.8. The van der Waals surface area contributed by atoms with Gasteiger partial charge in [0, 0.05) is 17.3 Å². The Hall–Kier alpha value is -3.32. The second-order valence-electron chi connectivity index (χ2n) is 5.25. The van der Waals surface area contributed by atoms with Gasteiger partial charge in [0.25, 0.3) is 5.91 Å². The quantitative estimate of drug-likeness (QED) is 0.400. The van der Waals surface area contributed by atoms with Gasteiger partial charge in [0.05, 0.1) is 18.9 Å². The first-order valence-corrected chi connectivity index (χ1v) is 8.54. The lowest BCUT2D eigenvalue weighted by atomic mass is 10.1. The van der Waals surface area contributed by atoms with Crippen LogP contribution >= 0.6 is 12.2 Å². The summed E-state index contributed by atoms with van der Waals surface area (Å²) in [6.45, 7) is 5.43. The van der Waals surface area contributed by atoms with Gasteiger partial charge in [0.15, 0.2) is 5.11 Å². The molecular weight excluding hydrogens is 362 g/mol. The number of hydrogen-bond donors (Lipinski definition) is 3. The summed E-state index contributed by atoms with van der Waals surface area (Å²) in [7, 11) is 1.57. The van der Waals surface area contributed by atoms with Crippen LogP contribution in [-0.2, 0) is 4.74 Å². The summed E-state index contributed by atoms with van der Waals surface area (Å²) in [4.78, 5) is 12.0. The van der Waals surface area contributed by atoms with Gasteiger partial charge < -0.3 is 14.8 Å². The highest BCUT2D eigenvalue weighted by Crippen LogP contribution is 2.30. The van der Waals surface area contributed by atoms with Crippen LogP contribution < -0.4 is 20.9 Å². The number of nitrogens with one attached hydrogen (secondary N) is 3. The molecule has 2 aromatic rings. The molecule has 27 heavy (non-hydrogen) atoms. The molecule has 2 aromatic carbocycles. The number of carbonyl (C=O) groups excluding carboxylic acids is 1. The van der Waals surface area contributed by atoms with E-state index in [0.717, 1.165) is 5.56 Å². The Bertz CT molecular complexity index is 851. The number of thiocarbonyl (C=S) groups is 1. The minimum Gasteiger partial charge on any atom is -0.496 e. The highest BCUT2D eigenvalue weighted by Gasteiger charge is 2.11. The van der Waals surface area contributed by atoms with E-state index in [9.17, 15) is 4.79 Å². The van der Waals surface area contributed by atoms with Gasteiger partial charge in [0.1, 0.15) is 11.5 Å². The molecule has 7 heteroatoms. The Morgan fingerprint density at radius 1 is 1.15 bits per heavy atom. The van der Waals surface area contributed by atoms with Crippen LogP contribution in [0.3, 0.4) is 0 Å². The van der Waals surface area contributed by atoms with E-state index in [-0.39, 0.29) is 11.0 Å². The average Bonchev–Trinajstić information content (AvgIpc) is 2.71. The molecule has 0 atom stereocenters. The van der Waals surface area contributed by atoms with Gasteiger partial charge in [-0.3, -0.25) is 15.6 Å². The van der Waals surface area contributed by atoms with Gasteiger partial charge in [-0.15, -0.1) is 0 Å². The van der Waals surface area contributed by atoms with Gasteiger partial charge >= 0.3 is 0 Å². The lowest BCUT2D eigenvalue weighted by Gasteiger charge is -2.15. The molecule has 0 saturated carbocycles. The summed E-state index contributed by atoms with van der Waals surface area (Å²) in [6, 6.07) is 14.3. The normalized spacial score (nSPS) is 10.5. The Morgan fingerprint density at radius 2 is 1.89 bits per heavy atom. The van der Waals surface area contributed by atoms with E-state index >= 15 is 0 Å².